The van der Waals surface area contributed by atoms with Crippen LogP contribution in [0.3, 0.4) is 0 Å². The maximum absolute atomic E-state index is 11.7. The van der Waals surface area contributed by atoms with E-state index in [9.17, 15) is 14.4 Å². The number of carbonyl (C=O) groups excluding carboxylic acids is 2. The summed E-state index contributed by atoms with van der Waals surface area (Å²) in [6.07, 6.45) is 0. The molecule has 3 N–H and O–H groups in total. The second-order valence-corrected chi connectivity index (χ2v) is 5.19. The molecule has 0 aliphatic carbocycles. The third-order valence-electron chi connectivity index (χ3n) is 2.89. The lowest BCUT2D eigenvalue weighted by Crippen LogP contribution is -2.35. The number of aryl methyl sites for hydroxylation is 1. The Morgan fingerprint density at radius 2 is 1.76 bits per heavy atom. The summed E-state index contributed by atoms with van der Waals surface area (Å²) in [5.41, 5.74) is 1.30. The van der Waals surface area contributed by atoms with Crippen molar-refractivity contribution in [1.82, 2.24) is 5.32 Å². The number of anilines is 1. The number of imide groups is 1. The van der Waals surface area contributed by atoms with Crippen LogP contribution >= 0.6 is 15.9 Å². The molecule has 112 valence electrons. The van der Waals surface area contributed by atoms with Crippen molar-refractivity contribution in [2.45, 2.75) is 20.8 Å². The van der Waals surface area contributed by atoms with Gasteiger partial charge in [0, 0.05) is 15.6 Å². The summed E-state index contributed by atoms with van der Waals surface area (Å²) in [5, 5.41) is 13.4. The van der Waals surface area contributed by atoms with Crippen molar-refractivity contribution in [2.75, 3.05) is 5.32 Å². The molecule has 0 aliphatic rings. The van der Waals surface area contributed by atoms with E-state index in [0.717, 1.165) is 5.56 Å². The fourth-order valence-electron chi connectivity index (χ4n) is 1.43. The Balaban J connectivity index is 2.79. The highest BCUT2D eigenvalue weighted by Gasteiger charge is 2.15. The van der Waals surface area contributed by atoms with Crippen LogP contribution in [0.25, 0.3) is 0 Å². The fraction of sp³-hybridized carbons (Fsp3) is 0.214. The van der Waals surface area contributed by atoms with Gasteiger partial charge in [-0.1, -0.05) is 12.1 Å². The van der Waals surface area contributed by atoms with Gasteiger partial charge in [0.15, 0.2) is 0 Å². The number of urea groups is 1. The average Bonchev–Trinajstić information content (AvgIpc) is 2.41. The van der Waals surface area contributed by atoms with Crippen LogP contribution in [0.4, 0.5) is 10.5 Å². The van der Waals surface area contributed by atoms with Crippen molar-refractivity contribution in [2.24, 2.45) is 0 Å². The average molecular weight is 355 g/mol. The minimum Gasteiger partial charge on any atom is -0.478 e. The molecule has 0 spiro atoms. The number of nitrogens with one attached hydrogen (secondary N) is 2. The number of halogens is 1. The molecule has 0 saturated heterocycles. The molecule has 0 bridgehead atoms. The van der Waals surface area contributed by atoms with E-state index in [0.29, 0.717) is 10.2 Å². The lowest BCUT2D eigenvalue weighted by atomic mass is 10.1. The van der Waals surface area contributed by atoms with Crippen molar-refractivity contribution in [3.05, 3.63) is 39.4 Å². The first-order chi connectivity index (χ1) is 9.73. The van der Waals surface area contributed by atoms with Gasteiger partial charge in [-0.2, -0.15) is 0 Å². The van der Waals surface area contributed by atoms with Gasteiger partial charge in [-0.3, -0.25) is 10.1 Å². The van der Waals surface area contributed by atoms with Gasteiger partial charge >= 0.3 is 12.0 Å². The smallest absolute Gasteiger partial charge is 0.331 e. The quantitative estimate of drug-likeness (QED) is 0.727. The predicted octanol–water partition coefficient (Wildman–Crippen LogP) is 2.83. The van der Waals surface area contributed by atoms with Crippen LogP contribution in [0.2, 0.25) is 0 Å². The molecule has 6 nitrogen and oxygen atoms in total. The number of carboxylic acids is 1. The fourth-order valence-corrected chi connectivity index (χ4v) is 1.79. The Labute approximate surface area is 130 Å². The monoisotopic (exact) mass is 354 g/mol. The molecule has 0 aromatic heterocycles. The van der Waals surface area contributed by atoms with Gasteiger partial charge in [0.05, 0.1) is 5.69 Å². The lowest BCUT2D eigenvalue weighted by molar-refractivity contribution is -0.133. The summed E-state index contributed by atoms with van der Waals surface area (Å²) in [6.45, 7) is 4.50. The Hall–Kier alpha value is -2.15. The van der Waals surface area contributed by atoms with Crippen molar-refractivity contribution >= 4 is 39.5 Å². The molecule has 0 aliphatic heterocycles. The molecule has 21 heavy (non-hydrogen) atoms. The molecule has 3 amide bonds. The summed E-state index contributed by atoms with van der Waals surface area (Å²) >= 11 is 3.33. The van der Waals surface area contributed by atoms with E-state index in [-0.39, 0.29) is 11.1 Å². The van der Waals surface area contributed by atoms with Crippen LogP contribution in [-0.2, 0) is 9.59 Å². The molecule has 0 atom stereocenters. The highest BCUT2D eigenvalue weighted by Crippen LogP contribution is 2.25. The number of hydrogen-bond acceptors (Lipinski definition) is 3. The van der Waals surface area contributed by atoms with E-state index < -0.39 is 17.9 Å². The minimum atomic E-state index is -1.20. The van der Waals surface area contributed by atoms with Gasteiger partial charge in [-0.25, -0.2) is 9.59 Å². The number of rotatable bonds is 3. The number of hydrogen-bond donors (Lipinski definition) is 3. The standard InChI is InChI=1S/C14H15BrN2O4/c1-7-5-4-6-10(11(7)15)16-14(21)17-12(18)8(2)9(3)13(19)20/h4-6H,1-3H3,(H,19,20)(H2,16,17,18,21)/b9-8+. The molecule has 7 heteroatoms. The molecule has 0 unspecified atom stereocenters. The first-order valence-electron chi connectivity index (χ1n) is 6.02. The van der Waals surface area contributed by atoms with E-state index in [2.05, 4.69) is 26.6 Å². The molecule has 1 aromatic rings. The summed E-state index contributed by atoms with van der Waals surface area (Å²) in [4.78, 5) is 34.2. The third-order valence-corrected chi connectivity index (χ3v) is 3.94. The number of carboxylic acid groups (broad SMARTS) is 1. The van der Waals surface area contributed by atoms with E-state index in [1.165, 1.54) is 13.8 Å². The number of benzene rings is 1. The lowest BCUT2D eigenvalue weighted by Gasteiger charge is -2.10. The first-order valence-corrected chi connectivity index (χ1v) is 6.81. The van der Waals surface area contributed by atoms with Crippen molar-refractivity contribution < 1.29 is 19.5 Å². The van der Waals surface area contributed by atoms with E-state index in [1.54, 1.807) is 12.1 Å². The van der Waals surface area contributed by atoms with Gasteiger partial charge in [-0.05, 0) is 48.3 Å². The second-order valence-electron chi connectivity index (χ2n) is 4.40. The topological polar surface area (TPSA) is 95.5 Å². The largest absolute Gasteiger partial charge is 0.478 e. The molecular formula is C14H15BrN2O4. The zero-order valence-electron chi connectivity index (χ0n) is 11.8. The number of carbonyl (C=O) groups is 3. The number of aliphatic carboxylic acids is 1. The van der Waals surface area contributed by atoms with Crippen LogP contribution in [0.1, 0.15) is 19.4 Å². The summed E-state index contributed by atoms with van der Waals surface area (Å²) in [7, 11) is 0. The predicted molar refractivity (Wildman–Crippen MR) is 82.1 cm³/mol. The van der Waals surface area contributed by atoms with Crippen LogP contribution in [0.15, 0.2) is 33.8 Å². The molecule has 0 heterocycles. The van der Waals surface area contributed by atoms with Crippen molar-refractivity contribution in [1.29, 1.82) is 0 Å². The molecule has 0 fully saturated rings. The molecule has 0 saturated carbocycles. The van der Waals surface area contributed by atoms with E-state index in [4.69, 9.17) is 5.11 Å². The Morgan fingerprint density at radius 1 is 1.14 bits per heavy atom. The molecule has 0 radical (unpaired) electrons. The van der Waals surface area contributed by atoms with Gasteiger partial charge in [0.2, 0.25) is 0 Å². The van der Waals surface area contributed by atoms with Crippen LogP contribution < -0.4 is 10.6 Å². The van der Waals surface area contributed by atoms with Crippen molar-refractivity contribution in [3.63, 3.8) is 0 Å². The van der Waals surface area contributed by atoms with Crippen LogP contribution in [-0.4, -0.2) is 23.0 Å². The first kappa shape index (κ1) is 16.9. The minimum absolute atomic E-state index is 0.0269. The molecular weight excluding hydrogens is 340 g/mol. The molecule has 1 aromatic carbocycles. The maximum Gasteiger partial charge on any atom is 0.331 e. The van der Waals surface area contributed by atoms with Crippen LogP contribution in [0.5, 0.6) is 0 Å². The van der Waals surface area contributed by atoms with Crippen LogP contribution in [0, 0.1) is 6.92 Å². The highest BCUT2D eigenvalue weighted by atomic mass is 79.9. The third kappa shape index (κ3) is 4.42. The Bertz CT molecular complexity index is 638. The van der Waals surface area contributed by atoms with Crippen molar-refractivity contribution in [3.8, 4) is 0 Å². The maximum atomic E-state index is 11.7. The van der Waals surface area contributed by atoms with Gasteiger partial charge in [-0.15, -0.1) is 0 Å². The van der Waals surface area contributed by atoms with E-state index >= 15 is 0 Å². The SMILES string of the molecule is C/C(C(=O)O)=C(/C)C(=O)NC(=O)Nc1cccc(C)c1Br. The summed E-state index contributed by atoms with van der Waals surface area (Å²) in [6, 6.07) is 4.56. The van der Waals surface area contributed by atoms with E-state index in [1.807, 2.05) is 13.0 Å². The second kappa shape index (κ2) is 7.03. The highest BCUT2D eigenvalue weighted by molar-refractivity contribution is 9.10. The zero-order chi connectivity index (χ0) is 16.2. The zero-order valence-corrected chi connectivity index (χ0v) is 13.4. The molecule has 1 rings (SSSR count). The van der Waals surface area contributed by atoms with Gasteiger partial charge in [0.25, 0.3) is 5.91 Å². The van der Waals surface area contributed by atoms with Gasteiger partial charge in [0.1, 0.15) is 0 Å². The normalized spacial score (nSPS) is 11.4. The van der Waals surface area contributed by atoms with Gasteiger partial charge < -0.3 is 10.4 Å². The Morgan fingerprint density at radius 3 is 2.33 bits per heavy atom. The summed E-state index contributed by atoms with van der Waals surface area (Å²) < 4.78 is 0.710. The Kier molecular flexibility index (Phi) is 5.66. The summed E-state index contributed by atoms with van der Waals surface area (Å²) in [5.74, 6) is -1.96. The number of amides is 3.